The summed E-state index contributed by atoms with van der Waals surface area (Å²) in [7, 11) is 0. The summed E-state index contributed by atoms with van der Waals surface area (Å²) in [5, 5.41) is 3.10. The molecular weight excluding hydrogens is 378 g/mol. The molecule has 0 spiro atoms. The van der Waals surface area contributed by atoms with Crippen molar-refractivity contribution in [3.8, 4) is 11.5 Å². The average molecular weight is 413 g/mol. The Hall–Kier alpha value is -2.73. The van der Waals surface area contributed by atoms with Crippen molar-refractivity contribution in [1.29, 1.82) is 0 Å². The van der Waals surface area contributed by atoms with Gasteiger partial charge in [-0.05, 0) is 44.5 Å². The van der Waals surface area contributed by atoms with Crippen LogP contribution in [0.25, 0.3) is 0 Å². The third-order valence-corrected chi connectivity index (χ3v) is 5.44. The van der Waals surface area contributed by atoms with Crippen LogP contribution in [0.3, 0.4) is 0 Å². The highest BCUT2D eigenvalue weighted by Crippen LogP contribution is 2.27. The van der Waals surface area contributed by atoms with E-state index in [2.05, 4.69) is 23.2 Å². The van der Waals surface area contributed by atoms with Crippen molar-refractivity contribution in [1.82, 2.24) is 0 Å². The lowest BCUT2D eigenvalue weighted by Gasteiger charge is -2.34. The third kappa shape index (κ3) is 6.13. The number of nitrogens with zero attached hydrogens (tertiary/aromatic N) is 1. The number of hydrogen-bond acceptors (Lipinski definition) is 4. The summed E-state index contributed by atoms with van der Waals surface area (Å²) in [6.07, 6.45) is 1.06. The van der Waals surface area contributed by atoms with Crippen molar-refractivity contribution in [2.75, 3.05) is 56.2 Å². The third-order valence-electron chi connectivity index (χ3n) is 5.44. The Bertz CT molecular complexity index is 804. The van der Waals surface area contributed by atoms with E-state index in [1.165, 1.54) is 6.54 Å². The van der Waals surface area contributed by atoms with Crippen molar-refractivity contribution >= 4 is 17.3 Å². The lowest BCUT2D eigenvalue weighted by molar-refractivity contribution is -0.898. The number of ether oxygens (including phenoxy) is 2. The van der Waals surface area contributed by atoms with E-state index in [0.29, 0.717) is 26.1 Å². The molecule has 0 bridgehead atoms. The Morgan fingerprint density at radius 1 is 1.00 bits per heavy atom. The highest BCUT2D eigenvalue weighted by molar-refractivity contribution is 5.94. The fourth-order valence-electron chi connectivity index (χ4n) is 3.74. The van der Waals surface area contributed by atoms with E-state index in [-0.39, 0.29) is 5.91 Å². The summed E-state index contributed by atoms with van der Waals surface area (Å²) in [6.45, 7) is 10.7. The minimum atomic E-state index is 0.0157. The molecule has 1 aliphatic heterocycles. The van der Waals surface area contributed by atoms with E-state index >= 15 is 0 Å². The Balaban J connectivity index is 1.48. The first-order valence-corrected chi connectivity index (χ1v) is 11.0. The van der Waals surface area contributed by atoms with E-state index in [4.69, 9.17) is 9.47 Å². The topological polar surface area (TPSA) is 55.2 Å². The Labute approximate surface area is 179 Å². The lowest BCUT2D eigenvalue weighted by Crippen LogP contribution is -3.14. The molecule has 2 aromatic carbocycles. The van der Waals surface area contributed by atoms with E-state index < -0.39 is 0 Å². The smallest absolute Gasteiger partial charge is 0.224 e. The largest absolute Gasteiger partial charge is 0.490 e. The highest BCUT2D eigenvalue weighted by Gasteiger charge is 2.21. The predicted molar refractivity (Wildman–Crippen MR) is 121 cm³/mol. The molecule has 3 rings (SSSR count). The van der Waals surface area contributed by atoms with Gasteiger partial charge in [0.25, 0.3) is 0 Å². The maximum atomic E-state index is 12.5. The molecule has 2 N–H and O–H groups in total. The van der Waals surface area contributed by atoms with Crippen molar-refractivity contribution in [3.63, 3.8) is 0 Å². The summed E-state index contributed by atoms with van der Waals surface area (Å²) in [5.41, 5.74) is 2.01. The number of anilines is 2. The van der Waals surface area contributed by atoms with Gasteiger partial charge in [-0.15, -0.1) is 0 Å². The fourth-order valence-corrected chi connectivity index (χ4v) is 3.74. The van der Waals surface area contributed by atoms with Gasteiger partial charge in [0.2, 0.25) is 5.91 Å². The first-order chi connectivity index (χ1) is 14.7. The Morgan fingerprint density at radius 3 is 2.37 bits per heavy atom. The van der Waals surface area contributed by atoms with Crippen LogP contribution in [0.2, 0.25) is 0 Å². The van der Waals surface area contributed by atoms with Crippen LogP contribution in [0.4, 0.5) is 11.4 Å². The van der Waals surface area contributed by atoms with Gasteiger partial charge in [-0.1, -0.05) is 24.3 Å². The molecule has 0 aliphatic carbocycles. The van der Waals surface area contributed by atoms with E-state index in [9.17, 15) is 4.79 Å². The number of nitrogens with one attached hydrogen (secondary N) is 2. The average Bonchev–Trinajstić information content (AvgIpc) is 2.78. The summed E-state index contributed by atoms with van der Waals surface area (Å²) < 4.78 is 11.4. The molecule has 30 heavy (non-hydrogen) atoms. The number of carbonyl (C=O) groups excluding carboxylic acids is 1. The number of likely N-dealkylation sites (N-methyl/N-ethyl adjacent to an activating group) is 1. The van der Waals surface area contributed by atoms with Gasteiger partial charge in [0.1, 0.15) is 0 Å². The number of carbonyl (C=O) groups is 1. The van der Waals surface area contributed by atoms with Gasteiger partial charge in [-0.3, -0.25) is 4.79 Å². The molecule has 0 unspecified atom stereocenters. The van der Waals surface area contributed by atoms with Gasteiger partial charge in [0, 0.05) is 6.42 Å². The monoisotopic (exact) mass is 412 g/mol. The van der Waals surface area contributed by atoms with E-state index in [0.717, 1.165) is 49.1 Å². The molecule has 162 valence electrons. The van der Waals surface area contributed by atoms with Gasteiger partial charge >= 0.3 is 0 Å². The number of hydrogen-bond donors (Lipinski definition) is 2. The Kier molecular flexibility index (Phi) is 8.39. The van der Waals surface area contributed by atoms with Crippen molar-refractivity contribution in [2.45, 2.75) is 26.7 Å². The van der Waals surface area contributed by atoms with Gasteiger partial charge < -0.3 is 24.6 Å². The normalized spacial score (nSPS) is 14.4. The molecule has 6 heteroatoms. The number of piperazine rings is 1. The molecule has 0 radical (unpaired) electrons. The standard InChI is InChI=1S/C24H33N3O3/c1-3-26-15-17-27(18-16-26)21-11-6-5-10-20(21)25-24(28)14-9-19-30-23-13-8-7-12-22(23)29-4-2/h5-8,10-13H,3-4,9,14-19H2,1-2H3,(H,25,28)/p+1. The van der Waals surface area contributed by atoms with Crippen LogP contribution >= 0.6 is 0 Å². The molecule has 1 saturated heterocycles. The molecule has 0 saturated carbocycles. The van der Waals surface area contributed by atoms with Crippen LogP contribution in [-0.4, -0.2) is 51.8 Å². The minimum Gasteiger partial charge on any atom is -0.490 e. The number of quaternary nitrogens is 1. The maximum absolute atomic E-state index is 12.5. The van der Waals surface area contributed by atoms with Crippen LogP contribution in [0.1, 0.15) is 26.7 Å². The van der Waals surface area contributed by atoms with Crippen molar-refractivity contribution in [2.24, 2.45) is 0 Å². The highest BCUT2D eigenvalue weighted by atomic mass is 16.5. The zero-order valence-electron chi connectivity index (χ0n) is 18.2. The number of rotatable bonds is 10. The summed E-state index contributed by atoms with van der Waals surface area (Å²) >= 11 is 0. The quantitative estimate of drug-likeness (QED) is 0.589. The van der Waals surface area contributed by atoms with Crippen molar-refractivity contribution in [3.05, 3.63) is 48.5 Å². The molecule has 1 heterocycles. The second kappa shape index (κ2) is 11.5. The number of amides is 1. The van der Waals surface area contributed by atoms with E-state index in [1.54, 1.807) is 4.90 Å². The first-order valence-electron chi connectivity index (χ1n) is 11.0. The van der Waals surface area contributed by atoms with Crippen LogP contribution in [0.15, 0.2) is 48.5 Å². The zero-order chi connectivity index (χ0) is 21.2. The first kappa shape index (κ1) is 22.0. The molecule has 2 aromatic rings. The second-order valence-corrected chi connectivity index (χ2v) is 7.49. The van der Waals surface area contributed by atoms with Gasteiger partial charge in [0.15, 0.2) is 11.5 Å². The van der Waals surface area contributed by atoms with Crippen LogP contribution in [0.5, 0.6) is 11.5 Å². The molecule has 0 aromatic heterocycles. The summed E-state index contributed by atoms with van der Waals surface area (Å²) in [4.78, 5) is 16.5. The van der Waals surface area contributed by atoms with Gasteiger partial charge in [-0.2, -0.15) is 0 Å². The van der Waals surface area contributed by atoms with Crippen LogP contribution in [0, 0.1) is 0 Å². The second-order valence-electron chi connectivity index (χ2n) is 7.49. The fraction of sp³-hybridized carbons (Fsp3) is 0.458. The zero-order valence-corrected chi connectivity index (χ0v) is 18.2. The molecular formula is C24H34N3O3+. The van der Waals surface area contributed by atoms with Crippen molar-refractivity contribution < 1.29 is 19.2 Å². The molecule has 1 fully saturated rings. The predicted octanol–water partition coefficient (Wildman–Crippen LogP) is 2.61. The molecule has 1 amide bonds. The Morgan fingerprint density at radius 2 is 1.67 bits per heavy atom. The minimum absolute atomic E-state index is 0.0157. The summed E-state index contributed by atoms with van der Waals surface area (Å²) in [6, 6.07) is 15.7. The van der Waals surface area contributed by atoms with E-state index in [1.807, 2.05) is 49.4 Å². The molecule has 6 nitrogen and oxygen atoms in total. The van der Waals surface area contributed by atoms with Crippen LogP contribution in [-0.2, 0) is 4.79 Å². The van der Waals surface area contributed by atoms with Gasteiger partial charge in [0.05, 0.1) is 57.3 Å². The lowest BCUT2D eigenvalue weighted by atomic mass is 10.2. The summed E-state index contributed by atoms with van der Waals surface area (Å²) in [5.74, 6) is 1.48. The molecule has 0 atom stereocenters. The maximum Gasteiger partial charge on any atom is 0.224 e. The number of benzene rings is 2. The number of para-hydroxylation sites is 4. The van der Waals surface area contributed by atoms with Gasteiger partial charge in [-0.25, -0.2) is 0 Å². The SMILES string of the molecule is CCOc1ccccc1OCCCC(=O)Nc1ccccc1N1CC[NH+](CC)CC1. The molecule has 1 aliphatic rings. The van der Waals surface area contributed by atoms with Crippen LogP contribution < -0.4 is 24.6 Å².